The van der Waals surface area contributed by atoms with Gasteiger partial charge in [0.1, 0.15) is 5.75 Å². The molecule has 21 heavy (non-hydrogen) atoms. The molecular formula is C17H27NO3. The maximum atomic E-state index is 6.37. The molecule has 1 fully saturated rings. The molecule has 2 rings (SSSR count). The van der Waals surface area contributed by atoms with E-state index in [0.717, 1.165) is 37.1 Å². The summed E-state index contributed by atoms with van der Waals surface area (Å²) in [6.07, 6.45) is 4.99. The molecule has 1 N–H and O–H groups in total. The van der Waals surface area contributed by atoms with Crippen molar-refractivity contribution in [3.05, 3.63) is 29.8 Å². The Bertz CT molecular complexity index is 424. The summed E-state index contributed by atoms with van der Waals surface area (Å²) in [6.45, 7) is 0.772. The van der Waals surface area contributed by atoms with Crippen molar-refractivity contribution >= 4 is 0 Å². The van der Waals surface area contributed by atoms with Crippen molar-refractivity contribution in [2.45, 2.75) is 44.0 Å². The van der Waals surface area contributed by atoms with Crippen LogP contribution in [0.4, 0.5) is 0 Å². The van der Waals surface area contributed by atoms with Crippen molar-refractivity contribution in [2.24, 2.45) is 0 Å². The number of nitrogens with one attached hydrogen (secondary N) is 1. The molecule has 4 nitrogen and oxygen atoms in total. The summed E-state index contributed by atoms with van der Waals surface area (Å²) >= 11 is 0. The lowest BCUT2D eigenvalue weighted by atomic mass is 9.94. The van der Waals surface area contributed by atoms with Crippen molar-refractivity contribution in [1.82, 2.24) is 5.32 Å². The van der Waals surface area contributed by atoms with Crippen LogP contribution in [0.25, 0.3) is 0 Å². The number of para-hydroxylation sites is 1. The van der Waals surface area contributed by atoms with Gasteiger partial charge in [-0.2, -0.15) is 0 Å². The summed E-state index contributed by atoms with van der Waals surface area (Å²) in [5.41, 5.74) is 1.11. The van der Waals surface area contributed by atoms with E-state index in [9.17, 15) is 0 Å². The Morgan fingerprint density at radius 3 is 2.67 bits per heavy atom. The van der Waals surface area contributed by atoms with Gasteiger partial charge in [-0.05, 0) is 38.8 Å². The molecule has 3 atom stereocenters. The molecule has 0 aliphatic heterocycles. The SMILES string of the molecule is CNCC(OC1CCCC(OC)C1)c1ccccc1OC. The minimum atomic E-state index is 0.00626. The third-order valence-electron chi connectivity index (χ3n) is 4.14. The number of rotatable bonds is 7. The molecule has 1 aromatic carbocycles. The highest BCUT2D eigenvalue weighted by molar-refractivity contribution is 5.35. The number of ether oxygens (including phenoxy) is 3. The predicted molar refractivity (Wildman–Crippen MR) is 83.8 cm³/mol. The van der Waals surface area contributed by atoms with Crippen LogP contribution in [0, 0.1) is 0 Å². The van der Waals surface area contributed by atoms with Crippen LogP contribution in [0.2, 0.25) is 0 Å². The van der Waals surface area contributed by atoms with Crippen LogP contribution in [0.5, 0.6) is 5.75 Å². The number of hydrogen-bond donors (Lipinski definition) is 1. The number of hydrogen-bond acceptors (Lipinski definition) is 4. The Morgan fingerprint density at radius 2 is 1.95 bits per heavy atom. The van der Waals surface area contributed by atoms with E-state index in [4.69, 9.17) is 14.2 Å². The summed E-state index contributed by atoms with van der Waals surface area (Å²) in [4.78, 5) is 0. The smallest absolute Gasteiger partial charge is 0.124 e. The van der Waals surface area contributed by atoms with E-state index in [1.807, 2.05) is 25.2 Å². The third kappa shape index (κ3) is 4.43. The lowest BCUT2D eigenvalue weighted by Gasteiger charge is -2.32. The topological polar surface area (TPSA) is 39.7 Å². The van der Waals surface area contributed by atoms with Gasteiger partial charge in [-0.3, -0.25) is 0 Å². The van der Waals surface area contributed by atoms with Crippen molar-refractivity contribution in [3.8, 4) is 5.75 Å². The average Bonchev–Trinajstić information content (AvgIpc) is 2.54. The van der Waals surface area contributed by atoms with Crippen molar-refractivity contribution in [3.63, 3.8) is 0 Å². The molecule has 0 heterocycles. The Hall–Kier alpha value is -1.10. The van der Waals surface area contributed by atoms with E-state index in [0.29, 0.717) is 6.10 Å². The largest absolute Gasteiger partial charge is 0.496 e. The fourth-order valence-electron chi connectivity index (χ4n) is 3.02. The quantitative estimate of drug-likeness (QED) is 0.839. The van der Waals surface area contributed by atoms with Crippen LogP contribution in [0.3, 0.4) is 0 Å². The first-order chi connectivity index (χ1) is 10.3. The molecule has 1 aliphatic rings. The van der Waals surface area contributed by atoms with Crippen LogP contribution in [0.1, 0.15) is 37.4 Å². The van der Waals surface area contributed by atoms with E-state index in [-0.39, 0.29) is 12.2 Å². The van der Waals surface area contributed by atoms with Crippen LogP contribution in [-0.4, -0.2) is 40.0 Å². The zero-order valence-electron chi connectivity index (χ0n) is 13.3. The highest BCUT2D eigenvalue weighted by Gasteiger charge is 2.26. The number of likely N-dealkylation sites (N-methyl/N-ethyl adjacent to an activating group) is 1. The van der Waals surface area contributed by atoms with Crippen LogP contribution in [-0.2, 0) is 9.47 Å². The third-order valence-corrected chi connectivity index (χ3v) is 4.14. The Morgan fingerprint density at radius 1 is 1.19 bits per heavy atom. The van der Waals surface area contributed by atoms with E-state index >= 15 is 0 Å². The first-order valence-electron chi connectivity index (χ1n) is 7.74. The molecule has 1 saturated carbocycles. The van der Waals surface area contributed by atoms with E-state index in [2.05, 4.69) is 11.4 Å². The zero-order chi connectivity index (χ0) is 15.1. The summed E-state index contributed by atoms with van der Waals surface area (Å²) in [5, 5.41) is 3.22. The lowest BCUT2D eigenvalue weighted by molar-refractivity contribution is -0.0656. The average molecular weight is 293 g/mol. The molecular weight excluding hydrogens is 266 g/mol. The van der Waals surface area contributed by atoms with Gasteiger partial charge >= 0.3 is 0 Å². The highest BCUT2D eigenvalue weighted by atomic mass is 16.5. The van der Waals surface area contributed by atoms with E-state index in [1.54, 1.807) is 14.2 Å². The van der Waals surface area contributed by atoms with Gasteiger partial charge in [0.2, 0.25) is 0 Å². The Kier molecular flexibility index (Phi) is 6.49. The molecule has 4 heteroatoms. The minimum absolute atomic E-state index is 0.00626. The first-order valence-corrected chi connectivity index (χ1v) is 7.74. The standard InChI is InChI=1S/C17H27NO3/c1-18-12-17(15-9-4-5-10-16(15)20-3)21-14-8-6-7-13(11-14)19-2/h4-5,9-10,13-14,17-18H,6-8,11-12H2,1-3H3. The molecule has 0 spiro atoms. The maximum absolute atomic E-state index is 6.37. The fraction of sp³-hybridized carbons (Fsp3) is 0.647. The van der Waals surface area contributed by atoms with Gasteiger partial charge in [0, 0.05) is 19.2 Å². The van der Waals surface area contributed by atoms with Crippen LogP contribution >= 0.6 is 0 Å². The van der Waals surface area contributed by atoms with E-state index in [1.165, 1.54) is 6.42 Å². The fourth-order valence-corrected chi connectivity index (χ4v) is 3.02. The van der Waals surface area contributed by atoms with Gasteiger partial charge in [-0.25, -0.2) is 0 Å². The lowest BCUT2D eigenvalue weighted by Crippen LogP contribution is -2.31. The molecule has 0 saturated heterocycles. The maximum Gasteiger partial charge on any atom is 0.124 e. The number of benzene rings is 1. The van der Waals surface area contributed by atoms with Crippen molar-refractivity contribution < 1.29 is 14.2 Å². The van der Waals surface area contributed by atoms with E-state index < -0.39 is 0 Å². The molecule has 1 aliphatic carbocycles. The Balaban J connectivity index is 2.08. The summed E-state index contributed by atoms with van der Waals surface area (Å²) in [6, 6.07) is 8.08. The van der Waals surface area contributed by atoms with Gasteiger partial charge in [0.25, 0.3) is 0 Å². The molecule has 118 valence electrons. The monoisotopic (exact) mass is 293 g/mol. The van der Waals surface area contributed by atoms with Gasteiger partial charge in [-0.1, -0.05) is 18.2 Å². The molecule has 3 unspecified atom stereocenters. The minimum Gasteiger partial charge on any atom is -0.496 e. The second-order valence-corrected chi connectivity index (χ2v) is 5.57. The molecule has 0 aromatic heterocycles. The molecule has 0 bridgehead atoms. The summed E-state index contributed by atoms with van der Waals surface area (Å²) in [5.74, 6) is 0.886. The second-order valence-electron chi connectivity index (χ2n) is 5.57. The highest BCUT2D eigenvalue weighted by Crippen LogP contribution is 2.32. The normalized spacial score (nSPS) is 23.8. The van der Waals surface area contributed by atoms with Gasteiger partial charge in [0.05, 0.1) is 25.4 Å². The zero-order valence-corrected chi connectivity index (χ0v) is 13.3. The van der Waals surface area contributed by atoms with Crippen molar-refractivity contribution in [1.29, 1.82) is 0 Å². The summed E-state index contributed by atoms with van der Waals surface area (Å²) < 4.78 is 17.3. The summed E-state index contributed by atoms with van der Waals surface area (Å²) in [7, 11) is 5.44. The van der Waals surface area contributed by atoms with Crippen molar-refractivity contribution in [2.75, 3.05) is 27.8 Å². The molecule has 1 aromatic rings. The first kappa shape index (κ1) is 16.3. The van der Waals surface area contributed by atoms with Crippen LogP contribution < -0.4 is 10.1 Å². The van der Waals surface area contributed by atoms with Gasteiger partial charge in [-0.15, -0.1) is 0 Å². The molecule has 0 amide bonds. The van der Waals surface area contributed by atoms with Crippen LogP contribution in [0.15, 0.2) is 24.3 Å². The predicted octanol–water partition coefficient (Wildman–Crippen LogP) is 2.93. The molecule has 0 radical (unpaired) electrons. The Labute approximate surface area is 127 Å². The van der Waals surface area contributed by atoms with Gasteiger partial charge in [0.15, 0.2) is 0 Å². The second kappa shape index (κ2) is 8.37. The van der Waals surface area contributed by atoms with Gasteiger partial charge < -0.3 is 19.5 Å². The number of methoxy groups -OCH3 is 2.